The summed E-state index contributed by atoms with van der Waals surface area (Å²) in [5.74, 6) is 1.18. The number of anilines is 1. The maximum atomic E-state index is 12.8. The van der Waals surface area contributed by atoms with E-state index in [0.29, 0.717) is 30.6 Å². The number of para-hydroxylation sites is 1. The van der Waals surface area contributed by atoms with Crippen LogP contribution in [0.1, 0.15) is 29.4 Å². The molecule has 1 heterocycles. The van der Waals surface area contributed by atoms with Gasteiger partial charge >= 0.3 is 0 Å². The highest BCUT2D eigenvalue weighted by Crippen LogP contribution is 2.23. The number of rotatable bonds is 13. The number of nitrogens with zero attached hydrogens (tertiary/aromatic N) is 4. The van der Waals surface area contributed by atoms with Crippen molar-refractivity contribution in [2.24, 2.45) is 5.10 Å². The Bertz CT molecular complexity index is 1470. The van der Waals surface area contributed by atoms with E-state index >= 15 is 0 Å². The van der Waals surface area contributed by atoms with E-state index in [-0.39, 0.29) is 5.91 Å². The van der Waals surface area contributed by atoms with Gasteiger partial charge in [-0.25, -0.2) is 5.43 Å². The number of carbonyl (C=O) groups is 1. The fourth-order valence-electron chi connectivity index (χ4n) is 3.68. The monoisotopic (exact) mass is 618 g/mol. The van der Waals surface area contributed by atoms with E-state index in [4.69, 9.17) is 4.74 Å². The van der Waals surface area contributed by atoms with Crippen LogP contribution in [0, 0.1) is 6.92 Å². The quantitative estimate of drug-likeness (QED) is 0.0784. The fraction of sp³-hybridized carbons (Fsp3) is 0.200. The lowest BCUT2D eigenvalue weighted by atomic mass is 10.2. The number of nitrogens with one attached hydrogen (secondary N) is 2. The molecule has 0 aliphatic rings. The van der Waals surface area contributed by atoms with Crippen molar-refractivity contribution < 1.29 is 9.53 Å². The number of halogens is 1. The molecule has 8 nitrogen and oxygen atoms in total. The predicted molar refractivity (Wildman–Crippen MR) is 165 cm³/mol. The molecule has 0 saturated heterocycles. The first-order chi connectivity index (χ1) is 19.4. The highest BCUT2D eigenvalue weighted by atomic mass is 79.9. The SMILES string of the molecule is C=CCn1c(CNc2ccc(C)cc2)nnc1S[C@@H](C)C(=O)NN=Cc1ccccc1OCc1cccc(Br)c1. The van der Waals surface area contributed by atoms with E-state index in [1.54, 1.807) is 12.3 Å². The minimum absolute atomic E-state index is 0.249. The second-order valence-corrected chi connectivity index (χ2v) is 11.2. The van der Waals surface area contributed by atoms with E-state index < -0.39 is 5.25 Å². The van der Waals surface area contributed by atoms with Crippen molar-refractivity contribution in [3.8, 4) is 5.75 Å². The Morgan fingerprint density at radius 1 is 1.15 bits per heavy atom. The molecule has 0 aliphatic heterocycles. The highest BCUT2D eigenvalue weighted by molar-refractivity contribution is 9.10. The van der Waals surface area contributed by atoms with Crippen molar-refractivity contribution in [3.05, 3.63) is 112 Å². The maximum absolute atomic E-state index is 12.8. The van der Waals surface area contributed by atoms with Gasteiger partial charge in [0.1, 0.15) is 12.4 Å². The van der Waals surface area contributed by atoms with E-state index in [9.17, 15) is 4.79 Å². The Hall–Kier alpha value is -3.89. The van der Waals surface area contributed by atoms with Crippen molar-refractivity contribution in [2.75, 3.05) is 5.32 Å². The molecule has 4 rings (SSSR count). The lowest BCUT2D eigenvalue weighted by molar-refractivity contribution is -0.120. The van der Waals surface area contributed by atoms with Crippen LogP contribution in [0.25, 0.3) is 0 Å². The summed E-state index contributed by atoms with van der Waals surface area (Å²) in [5, 5.41) is 16.4. The van der Waals surface area contributed by atoms with Gasteiger partial charge in [-0.05, 0) is 55.8 Å². The molecule has 10 heteroatoms. The largest absolute Gasteiger partial charge is 0.488 e. The number of aryl methyl sites for hydroxylation is 1. The molecular formula is C30H31BrN6O2S. The molecule has 206 valence electrons. The molecule has 1 atom stereocenters. The lowest BCUT2D eigenvalue weighted by Gasteiger charge is -2.12. The number of carbonyl (C=O) groups excluding carboxylic acids is 1. The van der Waals surface area contributed by atoms with Crippen molar-refractivity contribution in [2.45, 2.75) is 44.0 Å². The second kappa shape index (κ2) is 14.5. The number of benzene rings is 3. The Labute approximate surface area is 247 Å². The van der Waals surface area contributed by atoms with Crippen LogP contribution in [0.15, 0.2) is 100 Å². The summed E-state index contributed by atoms with van der Waals surface area (Å²) >= 11 is 4.80. The van der Waals surface area contributed by atoms with Crippen LogP contribution in [-0.2, 0) is 24.5 Å². The molecule has 40 heavy (non-hydrogen) atoms. The Morgan fingerprint density at radius 3 is 2.73 bits per heavy atom. The molecule has 0 fully saturated rings. The Kier molecular flexibility index (Phi) is 10.5. The van der Waals surface area contributed by atoms with Gasteiger partial charge in [0.2, 0.25) is 0 Å². The summed E-state index contributed by atoms with van der Waals surface area (Å²) in [7, 11) is 0. The van der Waals surface area contributed by atoms with Crippen molar-refractivity contribution in [1.82, 2.24) is 20.2 Å². The molecule has 0 spiro atoms. The van der Waals surface area contributed by atoms with E-state index in [0.717, 1.165) is 27.1 Å². The molecular weight excluding hydrogens is 588 g/mol. The Balaban J connectivity index is 1.34. The molecule has 2 N–H and O–H groups in total. The van der Waals surface area contributed by atoms with E-state index in [2.05, 4.69) is 67.6 Å². The van der Waals surface area contributed by atoms with Gasteiger partial charge in [0, 0.05) is 22.3 Å². The normalized spacial score (nSPS) is 11.8. The molecule has 0 bridgehead atoms. The van der Waals surface area contributed by atoms with Gasteiger partial charge in [-0.2, -0.15) is 5.10 Å². The average Bonchev–Trinajstić information content (AvgIpc) is 3.33. The summed E-state index contributed by atoms with van der Waals surface area (Å²) < 4.78 is 8.94. The first-order valence-corrected chi connectivity index (χ1v) is 14.4. The van der Waals surface area contributed by atoms with Crippen LogP contribution < -0.4 is 15.5 Å². The van der Waals surface area contributed by atoms with Crippen molar-refractivity contribution >= 4 is 45.5 Å². The summed E-state index contributed by atoms with van der Waals surface area (Å²) in [6.45, 7) is 9.16. The zero-order valence-electron chi connectivity index (χ0n) is 22.4. The molecule has 0 unspecified atom stereocenters. The van der Waals surface area contributed by atoms with E-state index in [1.807, 2.05) is 72.2 Å². The summed E-state index contributed by atoms with van der Waals surface area (Å²) in [4.78, 5) is 12.8. The van der Waals surface area contributed by atoms with Crippen molar-refractivity contribution in [1.29, 1.82) is 0 Å². The zero-order valence-corrected chi connectivity index (χ0v) is 24.8. The standard InChI is InChI=1S/C30H31BrN6O2S/c1-4-16-37-28(19-32-26-14-12-21(2)13-15-26)34-36-30(37)40-22(3)29(38)35-33-18-24-9-5-6-11-27(24)39-20-23-8-7-10-25(31)17-23/h4-15,17-18,22,32H,1,16,19-20H2,2-3H3,(H,35,38)/t22-/m0/s1. The second-order valence-electron chi connectivity index (χ2n) is 8.97. The van der Waals surface area contributed by atoms with Crippen LogP contribution in [0.3, 0.4) is 0 Å². The third kappa shape index (κ3) is 8.30. The van der Waals surface area contributed by atoms with Crippen molar-refractivity contribution in [3.63, 3.8) is 0 Å². The highest BCUT2D eigenvalue weighted by Gasteiger charge is 2.19. The summed E-state index contributed by atoms with van der Waals surface area (Å²) in [5.41, 5.74) is 6.62. The first kappa shape index (κ1) is 29.1. The van der Waals surface area contributed by atoms with Gasteiger partial charge < -0.3 is 14.6 Å². The fourth-order valence-corrected chi connectivity index (χ4v) is 4.99. The summed E-state index contributed by atoms with van der Waals surface area (Å²) in [6.07, 6.45) is 3.37. The van der Waals surface area contributed by atoms with Gasteiger partial charge in [-0.15, -0.1) is 16.8 Å². The number of hydrazone groups is 1. The predicted octanol–water partition coefficient (Wildman–Crippen LogP) is 6.36. The molecule has 0 aliphatic carbocycles. The first-order valence-electron chi connectivity index (χ1n) is 12.7. The number of aromatic nitrogens is 3. The number of ether oxygens (including phenoxy) is 1. The number of allylic oxidation sites excluding steroid dienone is 1. The van der Waals surface area contributed by atoms with E-state index in [1.165, 1.54) is 17.3 Å². The third-order valence-corrected chi connectivity index (χ3v) is 7.41. The molecule has 1 aromatic heterocycles. The number of amides is 1. The zero-order chi connectivity index (χ0) is 28.3. The minimum Gasteiger partial charge on any atom is -0.488 e. The Morgan fingerprint density at radius 2 is 1.95 bits per heavy atom. The number of thioether (sulfide) groups is 1. The number of hydrogen-bond donors (Lipinski definition) is 2. The van der Waals surface area contributed by atoms with Crippen LogP contribution in [0.4, 0.5) is 5.69 Å². The van der Waals surface area contributed by atoms with Crippen LogP contribution >= 0.6 is 27.7 Å². The van der Waals surface area contributed by atoms with Gasteiger partial charge in [-0.1, -0.05) is 75.7 Å². The molecule has 4 aromatic rings. The topological polar surface area (TPSA) is 93.4 Å². The third-order valence-electron chi connectivity index (χ3n) is 5.84. The average molecular weight is 620 g/mol. The smallest absolute Gasteiger partial charge is 0.253 e. The van der Waals surface area contributed by atoms with Crippen LogP contribution in [-0.4, -0.2) is 32.1 Å². The van der Waals surface area contributed by atoms with Gasteiger partial charge in [0.15, 0.2) is 11.0 Å². The van der Waals surface area contributed by atoms with Gasteiger partial charge in [0.05, 0.1) is 18.0 Å². The maximum Gasteiger partial charge on any atom is 0.253 e. The number of hydrogen-bond acceptors (Lipinski definition) is 7. The van der Waals surface area contributed by atoms with Crippen LogP contribution in [0.5, 0.6) is 5.75 Å². The minimum atomic E-state index is -0.453. The molecule has 0 saturated carbocycles. The molecule has 3 aromatic carbocycles. The lowest BCUT2D eigenvalue weighted by Crippen LogP contribution is -2.27. The van der Waals surface area contributed by atoms with Crippen LogP contribution in [0.2, 0.25) is 0 Å². The van der Waals surface area contributed by atoms with Gasteiger partial charge in [0.25, 0.3) is 5.91 Å². The van der Waals surface area contributed by atoms with Gasteiger partial charge in [-0.3, -0.25) is 4.79 Å². The molecule has 0 radical (unpaired) electrons. The molecule has 1 amide bonds. The summed E-state index contributed by atoms with van der Waals surface area (Å²) in [6, 6.07) is 23.7.